The van der Waals surface area contributed by atoms with Crippen LogP contribution in [-0.2, 0) is 24.3 Å². The van der Waals surface area contributed by atoms with Gasteiger partial charge in [-0.1, -0.05) is 42.5 Å². The fourth-order valence-corrected chi connectivity index (χ4v) is 3.34. The minimum absolute atomic E-state index is 0.0143. The van der Waals surface area contributed by atoms with Crippen LogP contribution in [0, 0.1) is 0 Å². The topological polar surface area (TPSA) is 41.6 Å². The highest BCUT2D eigenvalue weighted by Crippen LogP contribution is 2.18. The molecule has 0 atom stereocenters. The molecule has 0 unspecified atom stereocenters. The summed E-state index contributed by atoms with van der Waals surface area (Å²) in [6.07, 6.45) is 2.91. The van der Waals surface area contributed by atoms with Crippen LogP contribution in [-0.4, -0.2) is 31.0 Å². The maximum absolute atomic E-state index is 12.3. The Kier molecular flexibility index (Phi) is 6.07. The van der Waals surface area contributed by atoms with Gasteiger partial charge in [-0.05, 0) is 43.1 Å². The quantitative estimate of drug-likeness (QED) is 0.843. The molecule has 4 heteroatoms. The van der Waals surface area contributed by atoms with Crippen molar-refractivity contribution < 1.29 is 9.53 Å². The highest BCUT2D eigenvalue weighted by atomic mass is 16.5. The molecule has 1 fully saturated rings. The molecule has 2 aromatic carbocycles. The number of methoxy groups -OCH3 is 1. The molecule has 1 aliphatic rings. The second-order valence-corrected chi connectivity index (χ2v) is 6.52. The van der Waals surface area contributed by atoms with Crippen molar-refractivity contribution in [1.82, 2.24) is 10.2 Å². The predicted octanol–water partition coefficient (Wildman–Crippen LogP) is 3.15. The monoisotopic (exact) mass is 338 g/mol. The highest BCUT2D eigenvalue weighted by Gasteiger charge is 2.14. The van der Waals surface area contributed by atoms with Gasteiger partial charge in [0, 0.05) is 18.7 Å². The first kappa shape index (κ1) is 17.5. The fourth-order valence-electron chi connectivity index (χ4n) is 3.34. The Morgan fingerprint density at radius 1 is 1.00 bits per heavy atom. The molecule has 132 valence electrons. The van der Waals surface area contributed by atoms with Crippen molar-refractivity contribution in [2.24, 2.45) is 0 Å². The smallest absolute Gasteiger partial charge is 0.224 e. The molecule has 1 heterocycles. The number of hydrogen-bond acceptors (Lipinski definition) is 3. The Morgan fingerprint density at radius 3 is 2.36 bits per heavy atom. The van der Waals surface area contributed by atoms with Gasteiger partial charge < -0.3 is 10.1 Å². The molecule has 1 saturated heterocycles. The average molecular weight is 338 g/mol. The number of nitrogens with one attached hydrogen (secondary N) is 1. The summed E-state index contributed by atoms with van der Waals surface area (Å²) in [5.74, 6) is 0.771. The summed E-state index contributed by atoms with van der Waals surface area (Å²) >= 11 is 0. The van der Waals surface area contributed by atoms with Gasteiger partial charge in [-0.3, -0.25) is 9.69 Å². The van der Waals surface area contributed by atoms with Crippen molar-refractivity contribution in [2.75, 3.05) is 20.2 Å². The van der Waals surface area contributed by atoms with Crippen LogP contribution >= 0.6 is 0 Å². The van der Waals surface area contributed by atoms with Crippen LogP contribution in [0.15, 0.2) is 48.5 Å². The van der Waals surface area contributed by atoms with Gasteiger partial charge in [0.2, 0.25) is 5.91 Å². The average Bonchev–Trinajstić information content (AvgIpc) is 3.14. The van der Waals surface area contributed by atoms with Crippen molar-refractivity contribution >= 4 is 5.91 Å². The number of amides is 1. The third-order valence-electron chi connectivity index (χ3n) is 4.73. The maximum Gasteiger partial charge on any atom is 0.224 e. The molecule has 0 aliphatic carbocycles. The SMILES string of the molecule is COc1ccccc1CC(=O)NCc1ccccc1CN1CCCC1. The number of ether oxygens (including phenoxy) is 1. The lowest BCUT2D eigenvalue weighted by molar-refractivity contribution is -0.120. The number of para-hydroxylation sites is 1. The molecule has 0 spiro atoms. The van der Waals surface area contributed by atoms with Crippen LogP contribution in [0.1, 0.15) is 29.5 Å². The van der Waals surface area contributed by atoms with Crippen LogP contribution < -0.4 is 10.1 Å². The van der Waals surface area contributed by atoms with E-state index in [0.29, 0.717) is 13.0 Å². The molecule has 0 radical (unpaired) electrons. The fraction of sp³-hybridized carbons (Fsp3) is 0.381. The Bertz CT molecular complexity index is 709. The Labute approximate surface area is 149 Å². The van der Waals surface area contributed by atoms with E-state index < -0.39 is 0 Å². The molecular weight excluding hydrogens is 312 g/mol. The van der Waals surface area contributed by atoms with Crippen LogP contribution in [0.2, 0.25) is 0 Å². The lowest BCUT2D eigenvalue weighted by Gasteiger charge is -2.18. The third kappa shape index (κ3) is 4.83. The molecule has 1 N–H and O–H groups in total. The molecule has 3 rings (SSSR count). The van der Waals surface area contributed by atoms with E-state index in [2.05, 4.69) is 28.4 Å². The van der Waals surface area contributed by atoms with Gasteiger partial charge in [-0.25, -0.2) is 0 Å². The van der Waals surface area contributed by atoms with Crippen LogP contribution in [0.25, 0.3) is 0 Å². The van der Waals surface area contributed by atoms with E-state index in [-0.39, 0.29) is 5.91 Å². The van der Waals surface area contributed by atoms with E-state index in [1.807, 2.05) is 30.3 Å². The summed E-state index contributed by atoms with van der Waals surface area (Å²) in [6, 6.07) is 16.0. The van der Waals surface area contributed by atoms with Crippen LogP contribution in [0.3, 0.4) is 0 Å². The summed E-state index contributed by atoms with van der Waals surface area (Å²) in [5, 5.41) is 3.05. The third-order valence-corrected chi connectivity index (χ3v) is 4.73. The Hall–Kier alpha value is -2.33. The van der Waals surface area contributed by atoms with Gasteiger partial charge in [0.05, 0.1) is 13.5 Å². The number of rotatable bonds is 7. The second kappa shape index (κ2) is 8.67. The molecule has 4 nitrogen and oxygen atoms in total. The first-order valence-electron chi connectivity index (χ1n) is 8.94. The van der Waals surface area contributed by atoms with Gasteiger partial charge in [0.15, 0.2) is 0 Å². The van der Waals surface area contributed by atoms with E-state index >= 15 is 0 Å². The van der Waals surface area contributed by atoms with Crippen molar-refractivity contribution in [3.05, 3.63) is 65.2 Å². The molecule has 0 bridgehead atoms. The number of carbonyl (C=O) groups excluding carboxylic acids is 1. The van der Waals surface area contributed by atoms with Gasteiger partial charge in [0.1, 0.15) is 5.75 Å². The molecule has 0 aromatic heterocycles. The lowest BCUT2D eigenvalue weighted by Crippen LogP contribution is -2.26. The Balaban J connectivity index is 1.58. The van der Waals surface area contributed by atoms with E-state index in [0.717, 1.165) is 17.9 Å². The Morgan fingerprint density at radius 2 is 1.64 bits per heavy atom. The van der Waals surface area contributed by atoms with E-state index in [1.165, 1.54) is 37.1 Å². The van der Waals surface area contributed by atoms with Gasteiger partial charge in [-0.15, -0.1) is 0 Å². The van der Waals surface area contributed by atoms with Gasteiger partial charge >= 0.3 is 0 Å². The minimum atomic E-state index is 0.0143. The summed E-state index contributed by atoms with van der Waals surface area (Å²) in [7, 11) is 1.63. The van der Waals surface area contributed by atoms with Crippen molar-refractivity contribution in [2.45, 2.75) is 32.4 Å². The minimum Gasteiger partial charge on any atom is -0.496 e. The van der Waals surface area contributed by atoms with Gasteiger partial charge in [-0.2, -0.15) is 0 Å². The molecule has 2 aromatic rings. The van der Waals surface area contributed by atoms with Gasteiger partial charge in [0.25, 0.3) is 0 Å². The summed E-state index contributed by atoms with van der Waals surface area (Å²) in [4.78, 5) is 14.8. The largest absolute Gasteiger partial charge is 0.496 e. The van der Waals surface area contributed by atoms with Crippen LogP contribution in [0.4, 0.5) is 0 Å². The zero-order chi connectivity index (χ0) is 17.5. The first-order valence-corrected chi connectivity index (χ1v) is 8.94. The van der Waals surface area contributed by atoms with Crippen molar-refractivity contribution in [1.29, 1.82) is 0 Å². The van der Waals surface area contributed by atoms with Crippen molar-refractivity contribution in [3.8, 4) is 5.75 Å². The molecule has 0 saturated carbocycles. The zero-order valence-electron chi connectivity index (χ0n) is 14.8. The first-order chi connectivity index (χ1) is 12.3. The summed E-state index contributed by atoms with van der Waals surface area (Å²) in [5.41, 5.74) is 3.41. The van der Waals surface area contributed by atoms with E-state index in [1.54, 1.807) is 7.11 Å². The molecule has 1 aliphatic heterocycles. The lowest BCUT2D eigenvalue weighted by atomic mass is 10.1. The van der Waals surface area contributed by atoms with E-state index in [4.69, 9.17) is 4.74 Å². The molecule has 1 amide bonds. The maximum atomic E-state index is 12.3. The summed E-state index contributed by atoms with van der Waals surface area (Å²) in [6.45, 7) is 3.89. The van der Waals surface area contributed by atoms with Crippen molar-refractivity contribution in [3.63, 3.8) is 0 Å². The zero-order valence-corrected chi connectivity index (χ0v) is 14.8. The number of carbonyl (C=O) groups is 1. The number of hydrogen-bond donors (Lipinski definition) is 1. The molecule has 25 heavy (non-hydrogen) atoms. The normalized spacial score (nSPS) is 14.4. The molecular formula is C21H26N2O2. The number of nitrogens with zero attached hydrogens (tertiary/aromatic N) is 1. The van der Waals surface area contributed by atoms with E-state index in [9.17, 15) is 4.79 Å². The second-order valence-electron chi connectivity index (χ2n) is 6.52. The predicted molar refractivity (Wildman–Crippen MR) is 99.5 cm³/mol. The number of likely N-dealkylation sites (tertiary alicyclic amines) is 1. The summed E-state index contributed by atoms with van der Waals surface area (Å²) < 4.78 is 5.32. The highest BCUT2D eigenvalue weighted by molar-refractivity contribution is 5.79. The number of benzene rings is 2. The van der Waals surface area contributed by atoms with Crippen LogP contribution in [0.5, 0.6) is 5.75 Å². The standard InChI is InChI=1S/C21H26N2O2/c1-25-20-11-5-4-8-17(20)14-21(24)22-15-18-9-2-3-10-19(18)16-23-12-6-7-13-23/h2-5,8-11H,6-7,12-16H2,1H3,(H,22,24).